The van der Waals surface area contributed by atoms with Crippen molar-refractivity contribution in [2.24, 2.45) is 0 Å². The Morgan fingerprint density at radius 1 is 1.08 bits per heavy atom. The molecule has 0 saturated heterocycles. The van der Waals surface area contributed by atoms with Crippen molar-refractivity contribution in [2.75, 3.05) is 12.4 Å². The van der Waals surface area contributed by atoms with E-state index in [9.17, 15) is 0 Å². The Bertz CT molecular complexity index is 769. The molecule has 0 radical (unpaired) electrons. The summed E-state index contributed by atoms with van der Waals surface area (Å²) < 4.78 is 0. The van der Waals surface area contributed by atoms with Gasteiger partial charge in [-0.15, -0.1) is 0 Å². The zero-order valence-electron chi connectivity index (χ0n) is 14.1. The van der Waals surface area contributed by atoms with Crippen molar-refractivity contribution >= 4 is 16.7 Å². The molecule has 5 heteroatoms. The van der Waals surface area contributed by atoms with E-state index in [0.717, 1.165) is 28.8 Å². The van der Waals surface area contributed by atoms with Crippen LogP contribution in [0.15, 0.2) is 24.5 Å². The maximum absolute atomic E-state index is 9.12. The first kappa shape index (κ1) is 15.3. The van der Waals surface area contributed by atoms with Crippen LogP contribution < -0.4 is 5.32 Å². The van der Waals surface area contributed by atoms with Gasteiger partial charge < -0.3 is 10.2 Å². The van der Waals surface area contributed by atoms with Crippen LogP contribution in [0.2, 0.25) is 0 Å². The lowest BCUT2D eigenvalue weighted by atomic mass is 9.90. The molecule has 0 aliphatic heterocycles. The van der Waals surface area contributed by atoms with Crippen LogP contribution in [0.5, 0.6) is 0 Å². The van der Waals surface area contributed by atoms with Crippen LogP contribution in [-0.4, -0.2) is 40.0 Å². The molecule has 2 saturated carbocycles. The van der Waals surface area contributed by atoms with Crippen molar-refractivity contribution in [1.82, 2.24) is 14.9 Å². The van der Waals surface area contributed by atoms with Gasteiger partial charge in [0.15, 0.2) is 0 Å². The molecule has 1 heterocycles. The van der Waals surface area contributed by atoms with E-state index in [1.165, 1.54) is 38.5 Å². The molecule has 24 heavy (non-hydrogen) atoms. The molecule has 4 rings (SSSR count). The predicted octanol–water partition coefficient (Wildman–Crippen LogP) is 3.32. The standard InChI is InChI=1S/C19H23N5/c1-24(16-7-8-16)15-5-3-14(4-6-15)23-19-17-10-13(11-20)2-9-18(17)21-12-22-19/h2,9-10,12,14-16H,3-8H2,1H3,(H,21,22,23)/t14-,15-. The fourth-order valence-electron chi connectivity index (χ4n) is 3.84. The van der Waals surface area contributed by atoms with E-state index >= 15 is 0 Å². The average Bonchev–Trinajstić information content (AvgIpc) is 3.47. The quantitative estimate of drug-likeness (QED) is 0.936. The van der Waals surface area contributed by atoms with Gasteiger partial charge in [-0.05, 0) is 63.8 Å². The van der Waals surface area contributed by atoms with Gasteiger partial charge in [0.05, 0.1) is 17.1 Å². The van der Waals surface area contributed by atoms with Gasteiger partial charge in [-0.25, -0.2) is 9.97 Å². The SMILES string of the molecule is CN(C1CC1)[C@H]1CC[C@H](Nc2ncnc3ccc(C#N)cc23)CC1. The number of hydrogen-bond acceptors (Lipinski definition) is 5. The Morgan fingerprint density at radius 3 is 2.46 bits per heavy atom. The highest BCUT2D eigenvalue weighted by atomic mass is 15.2. The van der Waals surface area contributed by atoms with E-state index in [1.54, 1.807) is 12.4 Å². The fraction of sp³-hybridized carbons (Fsp3) is 0.526. The van der Waals surface area contributed by atoms with E-state index < -0.39 is 0 Å². The van der Waals surface area contributed by atoms with Crippen molar-refractivity contribution in [3.8, 4) is 6.07 Å². The maximum Gasteiger partial charge on any atom is 0.137 e. The molecule has 0 spiro atoms. The number of nitriles is 1. The number of benzene rings is 1. The molecule has 5 nitrogen and oxygen atoms in total. The van der Waals surface area contributed by atoms with Crippen LogP contribution in [0.1, 0.15) is 44.1 Å². The molecular weight excluding hydrogens is 298 g/mol. The largest absolute Gasteiger partial charge is 0.367 e. The second-order valence-electron chi connectivity index (χ2n) is 7.11. The molecule has 1 aromatic heterocycles. The molecule has 0 bridgehead atoms. The van der Waals surface area contributed by atoms with Crippen molar-refractivity contribution < 1.29 is 0 Å². The first-order valence-electron chi connectivity index (χ1n) is 8.88. The smallest absolute Gasteiger partial charge is 0.137 e. The summed E-state index contributed by atoms with van der Waals surface area (Å²) >= 11 is 0. The second-order valence-corrected chi connectivity index (χ2v) is 7.11. The molecule has 0 unspecified atom stereocenters. The molecule has 2 aromatic rings. The van der Waals surface area contributed by atoms with Crippen molar-refractivity contribution in [1.29, 1.82) is 5.26 Å². The summed E-state index contributed by atoms with van der Waals surface area (Å²) in [7, 11) is 2.29. The fourth-order valence-corrected chi connectivity index (χ4v) is 3.84. The lowest BCUT2D eigenvalue weighted by Gasteiger charge is -2.35. The molecule has 1 N–H and O–H groups in total. The van der Waals surface area contributed by atoms with Crippen molar-refractivity contribution in [3.63, 3.8) is 0 Å². The summed E-state index contributed by atoms with van der Waals surface area (Å²) in [6.45, 7) is 0. The van der Waals surface area contributed by atoms with Gasteiger partial charge >= 0.3 is 0 Å². The normalized spacial score (nSPS) is 24.0. The van der Waals surface area contributed by atoms with Gasteiger partial charge in [-0.1, -0.05) is 0 Å². The van der Waals surface area contributed by atoms with Gasteiger partial charge in [0, 0.05) is 23.5 Å². The van der Waals surface area contributed by atoms with Crippen LogP contribution in [0.25, 0.3) is 10.9 Å². The first-order chi connectivity index (χ1) is 11.7. The monoisotopic (exact) mass is 321 g/mol. The maximum atomic E-state index is 9.12. The van der Waals surface area contributed by atoms with Crippen molar-refractivity contribution in [3.05, 3.63) is 30.1 Å². The lowest BCUT2D eigenvalue weighted by molar-refractivity contribution is 0.178. The third-order valence-electron chi connectivity index (χ3n) is 5.50. The minimum absolute atomic E-state index is 0.456. The number of rotatable bonds is 4. The third-order valence-corrected chi connectivity index (χ3v) is 5.50. The Morgan fingerprint density at radius 2 is 1.79 bits per heavy atom. The Kier molecular flexibility index (Phi) is 4.07. The van der Waals surface area contributed by atoms with Crippen LogP contribution in [-0.2, 0) is 0 Å². The van der Waals surface area contributed by atoms with Crippen molar-refractivity contribution in [2.45, 2.75) is 56.7 Å². The number of fused-ring (bicyclic) bond motifs is 1. The summed E-state index contributed by atoms with van der Waals surface area (Å²) in [5.74, 6) is 0.857. The average molecular weight is 321 g/mol. The third kappa shape index (κ3) is 3.07. The Balaban J connectivity index is 1.46. The van der Waals surface area contributed by atoms with Gasteiger partial charge in [0.2, 0.25) is 0 Å². The predicted molar refractivity (Wildman–Crippen MR) is 94.7 cm³/mol. The molecule has 1 aromatic carbocycles. The topological polar surface area (TPSA) is 64.8 Å². The second kappa shape index (κ2) is 6.37. The van der Waals surface area contributed by atoms with Gasteiger partial charge in [0.1, 0.15) is 12.1 Å². The van der Waals surface area contributed by atoms with E-state index in [1.807, 2.05) is 12.1 Å². The van der Waals surface area contributed by atoms with E-state index in [-0.39, 0.29) is 0 Å². The minimum atomic E-state index is 0.456. The van der Waals surface area contributed by atoms with Crippen LogP contribution in [0, 0.1) is 11.3 Å². The summed E-state index contributed by atoms with van der Waals surface area (Å²) in [6.07, 6.45) is 9.19. The number of nitrogens with zero attached hydrogens (tertiary/aromatic N) is 4. The van der Waals surface area contributed by atoms with E-state index in [0.29, 0.717) is 11.6 Å². The lowest BCUT2D eigenvalue weighted by Crippen LogP contribution is -2.39. The summed E-state index contributed by atoms with van der Waals surface area (Å²) in [4.78, 5) is 11.3. The van der Waals surface area contributed by atoms with Gasteiger partial charge in [0.25, 0.3) is 0 Å². The Labute approximate surface area is 142 Å². The Hall–Kier alpha value is -2.19. The molecule has 2 aliphatic rings. The zero-order valence-corrected chi connectivity index (χ0v) is 14.1. The van der Waals surface area contributed by atoms with E-state index in [2.05, 4.69) is 33.3 Å². The first-order valence-corrected chi connectivity index (χ1v) is 8.88. The zero-order chi connectivity index (χ0) is 16.5. The molecular formula is C19H23N5. The summed E-state index contributed by atoms with van der Waals surface area (Å²) in [6, 6.07) is 9.81. The van der Waals surface area contributed by atoms with Gasteiger partial charge in [-0.2, -0.15) is 5.26 Å². The highest BCUT2D eigenvalue weighted by molar-refractivity contribution is 5.89. The number of anilines is 1. The molecule has 0 atom stereocenters. The summed E-state index contributed by atoms with van der Waals surface area (Å²) in [5.41, 5.74) is 1.53. The summed E-state index contributed by atoms with van der Waals surface area (Å²) in [5, 5.41) is 13.7. The van der Waals surface area contributed by atoms with E-state index in [4.69, 9.17) is 5.26 Å². The molecule has 124 valence electrons. The molecule has 2 aliphatic carbocycles. The highest BCUT2D eigenvalue weighted by Gasteiger charge is 2.33. The minimum Gasteiger partial charge on any atom is -0.367 e. The van der Waals surface area contributed by atoms with Gasteiger partial charge in [-0.3, -0.25) is 0 Å². The van der Waals surface area contributed by atoms with Crippen LogP contribution in [0.3, 0.4) is 0 Å². The van der Waals surface area contributed by atoms with Crippen LogP contribution >= 0.6 is 0 Å². The molecule has 2 fully saturated rings. The number of hydrogen-bond donors (Lipinski definition) is 1. The number of aromatic nitrogens is 2. The van der Waals surface area contributed by atoms with Crippen LogP contribution in [0.4, 0.5) is 5.82 Å². The highest BCUT2D eigenvalue weighted by Crippen LogP contribution is 2.33. The molecule has 0 amide bonds. The number of nitrogens with one attached hydrogen (secondary N) is 1.